The van der Waals surface area contributed by atoms with Crippen LogP contribution in [-0.4, -0.2) is 29.8 Å². The molecule has 0 bridgehead atoms. The van der Waals surface area contributed by atoms with E-state index < -0.39 is 5.91 Å². The summed E-state index contributed by atoms with van der Waals surface area (Å²) in [6.45, 7) is 0.904. The molecule has 2 amide bonds. The smallest absolute Gasteiger partial charge is 0.253 e. The van der Waals surface area contributed by atoms with Crippen LogP contribution in [-0.2, 0) is 11.2 Å². The second-order valence-electron chi connectivity index (χ2n) is 5.11. The first-order valence-electron chi connectivity index (χ1n) is 7.33. The van der Waals surface area contributed by atoms with E-state index in [0.717, 1.165) is 12.0 Å². The lowest BCUT2D eigenvalue weighted by Crippen LogP contribution is -2.35. The van der Waals surface area contributed by atoms with Gasteiger partial charge in [-0.05, 0) is 24.1 Å². The molecule has 0 fully saturated rings. The number of hydrogen-bond donors (Lipinski definition) is 1. The molecule has 4 nitrogen and oxygen atoms in total. The average Bonchev–Trinajstić information content (AvgIpc) is 2.56. The number of primary amides is 1. The van der Waals surface area contributed by atoms with Crippen LogP contribution in [0.4, 0.5) is 0 Å². The molecular weight excluding hydrogens is 276 g/mol. The molecule has 0 saturated carbocycles. The topological polar surface area (TPSA) is 63.4 Å². The summed E-state index contributed by atoms with van der Waals surface area (Å²) >= 11 is 0. The second kappa shape index (κ2) is 7.98. The maximum atomic E-state index is 12.6. The summed E-state index contributed by atoms with van der Waals surface area (Å²) in [5.74, 6) is -0.469. The van der Waals surface area contributed by atoms with Crippen LogP contribution in [0.5, 0.6) is 0 Å². The van der Waals surface area contributed by atoms with Gasteiger partial charge in [0.1, 0.15) is 0 Å². The highest BCUT2D eigenvalue weighted by Gasteiger charge is 2.16. The van der Waals surface area contributed by atoms with E-state index in [4.69, 9.17) is 5.73 Å². The summed E-state index contributed by atoms with van der Waals surface area (Å²) in [6, 6.07) is 19.1. The molecule has 0 heterocycles. The van der Waals surface area contributed by atoms with Crippen molar-refractivity contribution in [2.75, 3.05) is 13.1 Å². The Morgan fingerprint density at radius 3 is 2.05 bits per heavy atom. The number of benzene rings is 2. The monoisotopic (exact) mass is 296 g/mol. The van der Waals surface area contributed by atoms with Crippen molar-refractivity contribution in [3.8, 4) is 0 Å². The van der Waals surface area contributed by atoms with Crippen LogP contribution in [0.25, 0.3) is 0 Å². The van der Waals surface area contributed by atoms with Crippen LogP contribution in [0.15, 0.2) is 60.7 Å². The lowest BCUT2D eigenvalue weighted by Gasteiger charge is -2.22. The molecule has 0 aliphatic carbocycles. The van der Waals surface area contributed by atoms with Crippen LogP contribution >= 0.6 is 0 Å². The Labute approximate surface area is 130 Å². The van der Waals surface area contributed by atoms with Gasteiger partial charge in [-0.1, -0.05) is 48.5 Å². The van der Waals surface area contributed by atoms with Gasteiger partial charge in [0, 0.05) is 25.1 Å². The fourth-order valence-electron chi connectivity index (χ4n) is 2.23. The second-order valence-corrected chi connectivity index (χ2v) is 5.11. The maximum absolute atomic E-state index is 12.6. The van der Waals surface area contributed by atoms with Crippen molar-refractivity contribution in [3.63, 3.8) is 0 Å². The quantitative estimate of drug-likeness (QED) is 0.851. The minimum absolute atomic E-state index is 0.0715. The molecule has 0 radical (unpaired) electrons. The molecule has 0 aromatic heterocycles. The van der Waals surface area contributed by atoms with Crippen molar-refractivity contribution in [2.45, 2.75) is 12.8 Å². The van der Waals surface area contributed by atoms with E-state index in [1.807, 2.05) is 48.5 Å². The van der Waals surface area contributed by atoms with Gasteiger partial charge in [-0.25, -0.2) is 0 Å². The Morgan fingerprint density at radius 2 is 1.45 bits per heavy atom. The number of rotatable bonds is 7. The van der Waals surface area contributed by atoms with Gasteiger partial charge in [0.2, 0.25) is 5.91 Å². The van der Waals surface area contributed by atoms with Gasteiger partial charge in [-0.15, -0.1) is 0 Å². The Bertz CT molecular complexity index is 611. The molecule has 0 spiro atoms. The largest absolute Gasteiger partial charge is 0.370 e. The standard InChI is InChI=1S/C18H20N2O2/c19-17(21)12-14-20(13-11-15-7-3-1-4-8-15)18(22)16-9-5-2-6-10-16/h1-10H,11-14H2,(H2,19,21). The van der Waals surface area contributed by atoms with Gasteiger partial charge in [-0.2, -0.15) is 0 Å². The van der Waals surface area contributed by atoms with E-state index in [2.05, 4.69) is 0 Å². The first-order valence-corrected chi connectivity index (χ1v) is 7.33. The van der Waals surface area contributed by atoms with Gasteiger partial charge >= 0.3 is 0 Å². The van der Waals surface area contributed by atoms with Gasteiger partial charge in [0.05, 0.1) is 0 Å². The third kappa shape index (κ3) is 4.74. The first kappa shape index (κ1) is 15.8. The third-order valence-electron chi connectivity index (χ3n) is 3.45. The third-order valence-corrected chi connectivity index (χ3v) is 3.45. The molecule has 2 aromatic carbocycles. The molecule has 2 aromatic rings. The fraction of sp³-hybridized carbons (Fsp3) is 0.222. The summed E-state index contributed by atoms with van der Waals surface area (Å²) in [5.41, 5.74) is 6.99. The number of nitrogens with two attached hydrogens (primary N) is 1. The van der Waals surface area contributed by atoms with Crippen LogP contribution in [0.1, 0.15) is 22.3 Å². The Kier molecular flexibility index (Phi) is 5.72. The lowest BCUT2D eigenvalue weighted by atomic mass is 10.1. The summed E-state index contributed by atoms with van der Waals surface area (Å²) in [5, 5.41) is 0. The number of amides is 2. The molecule has 4 heteroatoms. The van der Waals surface area contributed by atoms with Crippen LogP contribution < -0.4 is 5.73 Å². The van der Waals surface area contributed by atoms with E-state index in [1.165, 1.54) is 0 Å². The molecule has 0 atom stereocenters. The van der Waals surface area contributed by atoms with Crippen molar-refractivity contribution >= 4 is 11.8 Å². The van der Waals surface area contributed by atoms with Crippen molar-refractivity contribution in [3.05, 3.63) is 71.8 Å². The predicted molar refractivity (Wildman–Crippen MR) is 86.3 cm³/mol. The summed E-state index contributed by atoms with van der Waals surface area (Å²) < 4.78 is 0. The summed E-state index contributed by atoms with van der Waals surface area (Å²) in [4.78, 5) is 25.3. The molecular formula is C18H20N2O2. The highest BCUT2D eigenvalue weighted by atomic mass is 16.2. The van der Waals surface area contributed by atoms with Crippen molar-refractivity contribution in [1.29, 1.82) is 0 Å². The number of nitrogens with zero attached hydrogens (tertiary/aromatic N) is 1. The highest BCUT2D eigenvalue weighted by molar-refractivity contribution is 5.94. The Morgan fingerprint density at radius 1 is 0.864 bits per heavy atom. The zero-order chi connectivity index (χ0) is 15.8. The number of hydrogen-bond acceptors (Lipinski definition) is 2. The van der Waals surface area contributed by atoms with Gasteiger partial charge in [-0.3, -0.25) is 9.59 Å². The minimum Gasteiger partial charge on any atom is -0.370 e. The van der Waals surface area contributed by atoms with Crippen LogP contribution in [0, 0.1) is 0 Å². The summed E-state index contributed by atoms with van der Waals surface area (Å²) in [7, 11) is 0. The van der Waals surface area contributed by atoms with Crippen molar-refractivity contribution in [1.82, 2.24) is 4.90 Å². The van der Waals surface area contributed by atoms with Gasteiger partial charge in [0.15, 0.2) is 0 Å². The van der Waals surface area contributed by atoms with E-state index in [-0.39, 0.29) is 12.3 Å². The lowest BCUT2D eigenvalue weighted by molar-refractivity contribution is -0.118. The number of carbonyl (C=O) groups excluding carboxylic acids is 2. The minimum atomic E-state index is -0.398. The van der Waals surface area contributed by atoms with E-state index in [0.29, 0.717) is 18.7 Å². The number of carbonyl (C=O) groups is 2. The molecule has 0 saturated heterocycles. The fourth-order valence-corrected chi connectivity index (χ4v) is 2.23. The van der Waals surface area contributed by atoms with Crippen LogP contribution in [0.3, 0.4) is 0 Å². The Balaban J connectivity index is 2.05. The zero-order valence-electron chi connectivity index (χ0n) is 12.4. The molecule has 2 N–H and O–H groups in total. The van der Waals surface area contributed by atoms with E-state index in [1.54, 1.807) is 17.0 Å². The Hall–Kier alpha value is -2.62. The van der Waals surface area contributed by atoms with E-state index >= 15 is 0 Å². The molecule has 0 unspecified atom stereocenters. The highest BCUT2D eigenvalue weighted by Crippen LogP contribution is 2.08. The molecule has 22 heavy (non-hydrogen) atoms. The molecule has 0 aliphatic rings. The average molecular weight is 296 g/mol. The molecule has 0 aliphatic heterocycles. The summed E-state index contributed by atoms with van der Waals surface area (Å²) in [6.07, 6.45) is 0.922. The molecule has 114 valence electrons. The van der Waals surface area contributed by atoms with E-state index in [9.17, 15) is 9.59 Å². The SMILES string of the molecule is NC(=O)CCN(CCc1ccccc1)C(=O)c1ccccc1. The maximum Gasteiger partial charge on any atom is 0.253 e. The normalized spacial score (nSPS) is 10.2. The van der Waals surface area contributed by atoms with Gasteiger partial charge in [0.25, 0.3) is 5.91 Å². The van der Waals surface area contributed by atoms with Crippen LogP contribution in [0.2, 0.25) is 0 Å². The van der Waals surface area contributed by atoms with Gasteiger partial charge < -0.3 is 10.6 Å². The zero-order valence-corrected chi connectivity index (χ0v) is 12.4. The van der Waals surface area contributed by atoms with Crippen molar-refractivity contribution in [2.24, 2.45) is 5.73 Å². The van der Waals surface area contributed by atoms with Crippen molar-refractivity contribution < 1.29 is 9.59 Å². The molecule has 2 rings (SSSR count). The first-order chi connectivity index (χ1) is 10.7. The predicted octanol–water partition coefficient (Wildman–Crippen LogP) is 2.25.